The molecule has 0 saturated heterocycles. The number of aliphatic imine (C=N–C) groups is 1. The molecular weight excluding hydrogens is 303 g/mol. The first kappa shape index (κ1) is 12.8. The number of carbonyl (C=O) groups excluding carboxylic acids is 1. The number of ether oxygens (including phenoxy) is 1. The van der Waals surface area contributed by atoms with Gasteiger partial charge in [-0.25, -0.2) is 14.2 Å². The molecule has 94 valence electrons. The predicted molar refractivity (Wildman–Crippen MR) is 69.7 cm³/mol. The van der Waals surface area contributed by atoms with Crippen molar-refractivity contribution in [1.29, 1.82) is 0 Å². The second-order valence-corrected chi connectivity index (χ2v) is 4.35. The van der Waals surface area contributed by atoms with E-state index >= 15 is 0 Å². The number of hydrogen-bond acceptors (Lipinski definition) is 4. The van der Waals surface area contributed by atoms with Gasteiger partial charge in [0.15, 0.2) is 6.04 Å². The van der Waals surface area contributed by atoms with Gasteiger partial charge in [0.2, 0.25) is 0 Å². The first-order valence-electron chi connectivity index (χ1n) is 5.16. The van der Waals surface area contributed by atoms with Crippen molar-refractivity contribution in [3.8, 4) is 0 Å². The number of hydrogen-bond donors (Lipinski definition) is 1. The van der Waals surface area contributed by atoms with Crippen molar-refractivity contribution < 1.29 is 13.9 Å². The lowest BCUT2D eigenvalue weighted by Gasteiger charge is -2.20. The van der Waals surface area contributed by atoms with Gasteiger partial charge in [0.1, 0.15) is 10.4 Å². The number of methoxy groups -OCH3 is 1. The van der Waals surface area contributed by atoms with Crippen molar-refractivity contribution >= 4 is 33.8 Å². The molecule has 1 heterocycles. The minimum absolute atomic E-state index is 0.320. The first-order valence-corrected chi connectivity index (χ1v) is 5.95. The van der Waals surface area contributed by atoms with Gasteiger partial charge < -0.3 is 10.1 Å². The maximum atomic E-state index is 12.9. The topological polar surface area (TPSA) is 50.7 Å². The molecule has 1 aromatic carbocycles. The average Bonchev–Trinajstić information content (AvgIpc) is 2.39. The standard InChI is InChI=1S/C12H10BrFN2O2/c1-18-12(17)9-6-15-11(13)10(16-9)7-2-4-8(14)5-3-7/h2-6,9,16H,1H3. The number of nitrogens with zero attached hydrogens (tertiary/aromatic N) is 1. The van der Waals surface area contributed by atoms with Crippen LogP contribution in [-0.4, -0.2) is 25.3 Å². The Morgan fingerprint density at radius 1 is 1.44 bits per heavy atom. The van der Waals surface area contributed by atoms with Gasteiger partial charge >= 0.3 is 5.97 Å². The zero-order valence-electron chi connectivity index (χ0n) is 9.48. The van der Waals surface area contributed by atoms with Crippen LogP contribution in [0.4, 0.5) is 4.39 Å². The Kier molecular flexibility index (Phi) is 3.76. The number of carbonyl (C=O) groups is 1. The van der Waals surface area contributed by atoms with E-state index in [0.29, 0.717) is 10.3 Å². The molecule has 1 aliphatic rings. The van der Waals surface area contributed by atoms with E-state index in [1.165, 1.54) is 25.5 Å². The molecule has 0 radical (unpaired) electrons. The Balaban J connectivity index is 2.29. The van der Waals surface area contributed by atoms with Gasteiger partial charge in [-0.3, -0.25) is 0 Å². The fraction of sp³-hybridized carbons (Fsp3) is 0.167. The van der Waals surface area contributed by atoms with Gasteiger partial charge in [0.05, 0.1) is 12.8 Å². The lowest BCUT2D eigenvalue weighted by atomic mass is 10.1. The highest BCUT2D eigenvalue weighted by molar-refractivity contribution is 9.11. The molecule has 2 rings (SSSR count). The molecule has 1 N–H and O–H groups in total. The van der Waals surface area contributed by atoms with Crippen LogP contribution < -0.4 is 5.32 Å². The molecule has 0 saturated carbocycles. The second-order valence-electron chi connectivity index (χ2n) is 3.60. The molecule has 0 aliphatic carbocycles. The molecule has 1 unspecified atom stereocenters. The highest BCUT2D eigenvalue weighted by Crippen LogP contribution is 2.24. The van der Waals surface area contributed by atoms with E-state index in [0.717, 1.165) is 5.56 Å². The molecule has 0 amide bonds. The zero-order valence-corrected chi connectivity index (χ0v) is 11.1. The van der Waals surface area contributed by atoms with Crippen molar-refractivity contribution in [3.63, 3.8) is 0 Å². The van der Waals surface area contributed by atoms with E-state index < -0.39 is 12.0 Å². The van der Waals surface area contributed by atoms with Crippen LogP contribution in [0, 0.1) is 5.82 Å². The summed E-state index contributed by atoms with van der Waals surface area (Å²) in [6.07, 6.45) is 1.45. The first-order chi connectivity index (χ1) is 8.61. The van der Waals surface area contributed by atoms with E-state index in [1.54, 1.807) is 12.1 Å². The summed E-state index contributed by atoms with van der Waals surface area (Å²) in [5.41, 5.74) is 1.35. The highest BCUT2D eigenvalue weighted by atomic mass is 79.9. The van der Waals surface area contributed by atoms with Crippen LogP contribution in [0.25, 0.3) is 5.70 Å². The third-order valence-corrected chi connectivity index (χ3v) is 3.03. The van der Waals surface area contributed by atoms with E-state index in [2.05, 4.69) is 31.0 Å². The zero-order chi connectivity index (χ0) is 13.1. The van der Waals surface area contributed by atoms with E-state index in [9.17, 15) is 9.18 Å². The Morgan fingerprint density at radius 2 is 2.11 bits per heavy atom. The van der Waals surface area contributed by atoms with Gasteiger partial charge in [-0.15, -0.1) is 0 Å². The summed E-state index contributed by atoms with van der Waals surface area (Å²) in [4.78, 5) is 15.5. The fourth-order valence-corrected chi connectivity index (χ4v) is 1.98. The third-order valence-electron chi connectivity index (χ3n) is 2.43. The van der Waals surface area contributed by atoms with Crippen molar-refractivity contribution in [2.75, 3.05) is 7.11 Å². The SMILES string of the molecule is COC(=O)C1C=NC(Br)=C(c2ccc(F)cc2)N1. The van der Waals surface area contributed by atoms with Crippen LogP contribution >= 0.6 is 15.9 Å². The second kappa shape index (κ2) is 5.30. The maximum absolute atomic E-state index is 12.9. The number of halogens is 2. The van der Waals surface area contributed by atoms with Crippen LogP contribution in [0.15, 0.2) is 33.9 Å². The summed E-state index contributed by atoms with van der Waals surface area (Å²) >= 11 is 3.28. The summed E-state index contributed by atoms with van der Waals surface area (Å²) in [5.74, 6) is -0.752. The summed E-state index contributed by atoms with van der Waals surface area (Å²) in [7, 11) is 1.31. The van der Waals surface area contributed by atoms with Crippen LogP contribution in [0.1, 0.15) is 5.56 Å². The maximum Gasteiger partial charge on any atom is 0.333 e. The molecule has 1 aromatic rings. The molecule has 0 aromatic heterocycles. The van der Waals surface area contributed by atoms with Crippen molar-refractivity contribution in [3.05, 3.63) is 40.3 Å². The monoisotopic (exact) mass is 312 g/mol. The van der Waals surface area contributed by atoms with Gasteiger partial charge in [0.25, 0.3) is 0 Å². The van der Waals surface area contributed by atoms with Crippen LogP contribution in [0.2, 0.25) is 0 Å². The summed E-state index contributed by atoms with van der Waals surface area (Å²) in [5, 5.41) is 2.98. The number of nitrogens with one attached hydrogen (secondary N) is 1. The largest absolute Gasteiger partial charge is 0.467 e. The summed E-state index contributed by atoms with van der Waals surface area (Å²) in [6.45, 7) is 0. The molecule has 6 heteroatoms. The minimum atomic E-state index is -0.642. The quantitative estimate of drug-likeness (QED) is 0.672. The smallest absolute Gasteiger partial charge is 0.333 e. The van der Waals surface area contributed by atoms with Crippen molar-refractivity contribution in [2.24, 2.45) is 4.99 Å². The van der Waals surface area contributed by atoms with Crippen molar-refractivity contribution in [1.82, 2.24) is 5.32 Å². The summed E-state index contributed by atoms with van der Waals surface area (Å²) < 4.78 is 18.0. The molecule has 0 bridgehead atoms. The minimum Gasteiger partial charge on any atom is -0.467 e. The number of rotatable bonds is 2. The number of benzene rings is 1. The van der Waals surface area contributed by atoms with Crippen LogP contribution in [0.5, 0.6) is 0 Å². The number of esters is 1. The van der Waals surface area contributed by atoms with Gasteiger partial charge in [-0.1, -0.05) is 0 Å². The van der Waals surface area contributed by atoms with E-state index in [1.807, 2.05) is 0 Å². The van der Waals surface area contributed by atoms with Gasteiger partial charge in [-0.05, 0) is 40.2 Å². The molecule has 4 nitrogen and oxygen atoms in total. The lowest BCUT2D eigenvalue weighted by molar-refractivity contribution is -0.140. The lowest BCUT2D eigenvalue weighted by Crippen LogP contribution is -2.39. The molecule has 1 atom stereocenters. The molecule has 1 aliphatic heterocycles. The average molecular weight is 313 g/mol. The molecular formula is C12H10BrFN2O2. The fourth-order valence-electron chi connectivity index (χ4n) is 1.52. The Hall–Kier alpha value is -1.69. The Labute approximate surface area is 112 Å². The van der Waals surface area contributed by atoms with Gasteiger partial charge in [0, 0.05) is 11.8 Å². The molecule has 18 heavy (non-hydrogen) atoms. The summed E-state index contributed by atoms with van der Waals surface area (Å²) in [6, 6.07) is 5.25. The van der Waals surface area contributed by atoms with Crippen molar-refractivity contribution in [2.45, 2.75) is 6.04 Å². The Morgan fingerprint density at radius 3 is 2.72 bits per heavy atom. The highest BCUT2D eigenvalue weighted by Gasteiger charge is 2.23. The molecule has 0 fully saturated rings. The predicted octanol–water partition coefficient (Wildman–Crippen LogP) is 2.06. The third kappa shape index (κ3) is 2.59. The van der Waals surface area contributed by atoms with E-state index in [4.69, 9.17) is 0 Å². The van der Waals surface area contributed by atoms with Gasteiger partial charge in [-0.2, -0.15) is 0 Å². The van der Waals surface area contributed by atoms with Crippen LogP contribution in [-0.2, 0) is 9.53 Å². The Bertz CT molecular complexity index is 525. The van der Waals surface area contributed by atoms with E-state index in [-0.39, 0.29) is 5.82 Å². The normalized spacial score (nSPS) is 18.5. The molecule has 0 spiro atoms. The van der Waals surface area contributed by atoms with Crippen LogP contribution in [0.3, 0.4) is 0 Å².